The van der Waals surface area contributed by atoms with Gasteiger partial charge in [0, 0.05) is 19.3 Å². The number of nitrogens with zero attached hydrogens (tertiary/aromatic N) is 2. The van der Waals surface area contributed by atoms with Crippen LogP contribution >= 0.6 is 0 Å². The van der Waals surface area contributed by atoms with Crippen LogP contribution in [0.15, 0.2) is 17.2 Å². The summed E-state index contributed by atoms with van der Waals surface area (Å²) in [5, 5.41) is 0. The minimum Gasteiger partial charge on any atom is -0.378 e. The third-order valence-corrected chi connectivity index (χ3v) is 2.03. The Morgan fingerprint density at radius 3 is 2.85 bits per heavy atom. The zero-order valence-electron chi connectivity index (χ0n) is 7.19. The van der Waals surface area contributed by atoms with E-state index < -0.39 is 0 Å². The second-order valence-electron chi connectivity index (χ2n) is 2.88. The normalized spacial score (nSPS) is 17.4. The highest BCUT2D eigenvalue weighted by Gasteiger charge is 2.10. The number of rotatable bonds is 1. The number of anilines is 1. The number of H-pyrrole nitrogens is 1. The van der Waals surface area contributed by atoms with E-state index in [0.717, 1.165) is 32.0 Å². The minimum atomic E-state index is -0.308. The Bertz CT molecular complexity index is 310. The summed E-state index contributed by atoms with van der Waals surface area (Å²) in [6.45, 7) is 3.18. The molecule has 1 aliphatic heterocycles. The van der Waals surface area contributed by atoms with Gasteiger partial charge in [0.1, 0.15) is 0 Å². The molecule has 70 valence electrons. The second-order valence-corrected chi connectivity index (χ2v) is 2.88. The summed E-state index contributed by atoms with van der Waals surface area (Å²) in [4.78, 5) is 19.0. The van der Waals surface area contributed by atoms with Crippen molar-refractivity contribution in [3.8, 4) is 0 Å². The second kappa shape index (κ2) is 3.57. The van der Waals surface area contributed by atoms with E-state index in [1.165, 1.54) is 0 Å². The maximum atomic E-state index is 10.7. The van der Waals surface area contributed by atoms with Crippen molar-refractivity contribution in [1.82, 2.24) is 9.97 Å². The van der Waals surface area contributed by atoms with Crippen molar-refractivity contribution >= 4 is 5.69 Å². The lowest BCUT2D eigenvalue weighted by molar-refractivity contribution is 0.122. The van der Waals surface area contributed by atoms with E-state index in [9.17, 15) is 4.79 Å². The SMILES string of the molecule is O=c1ncc(N2CCOCC2)c[nH]1. The average Bonchev–Trinajstić information content (AvgIpc) is 2.20. The summed E-state index contributed by atoms with van der Waals surface area (Å²) in [6, 6.07) is 0. The molecular weight excluding hydrogens is 170 g/mol. The Balaban J connectivity index is 2.14. The summed E-state index contributed by atoms with van der Waals surface area (Å²) in [6.07, 6.45) is 3.27. The molecule has 1 aromatic heterocycles. The van der Waals surface area contributed by atoms with E-state index in [2.05, 4.69) is 14.9 Å². The zero-order chi connectivity index (χ0) is 9.10. The van der Waals surface area contributed by atoms with E-state index in [4.69, 9.17) is 4.74 Å². The first kappa shape index (κ1) is 8.25. The Labute approximate surface area is 75.4 Å². The van der Waals surface area contributed by atoms with Gasteiger partial charge in [0.05, 0.1) is 25.1 Å². The number of hydrogen-bond donors (Lipinski definition) is 1. The maximum absolute atomic E-state index is 10.7. The van der Waals surface area contributed by atoms with E-state index in [1.54, 1.807) is 12.4 Å². The van der Waals surface area contributed by atoms with Gasteiger partial charge in [0.15, 0.2) is 0 Å². The standard InChI is InChI=1S/C8H11N3O2/c12-8-9-5-7(6-10-8)11-1-3-13-4-2-11/h5-6H,1-4H2,(H,9,10,12). The molecule has 0 amide bonds. The first-order chi connectivity index (χ1) is 6.36. The molecule has 13 heavy (non-hydrogen) atoms. The number of aromatic nitrogens is 2. The van der Waals surface area contributed by atoms with Gasteiger partial charge >= 0.3 is 5.69 Å². The van der Waals surface area contributed by atoms with Gasteiger partial charge in [-0.2, -0.15) is 4.98 Å². The predicted molar refractivity (Wildman–Crippen MR) is 47.9 cm³/mol. The van der Waals surface area contributed by atoms with Crippen molar-refractivity contribution in [3.63, 3.8) is 0 Å². The van der Waals surface area contributed by atoms with Crippen molar-refractivity contribution in [3.05, 3.63) is 22.9 Å². The molecule has 1 saturated heterocycles. The number of nitrogens with one attached hydrogen (secondary N) is 1. The number of hydrogen-bond acceptors (Lipinski definition) is 4. The van der Waals surface area contributed by atoms with Crippen molar-refractivity contribution in [2.24, 2.45) is 0 Å². The fourth-order valence-corrected chi connectivity index (χ4v) is 1.33. The van der Waals surface area contributed by atoms with Gasteiger partial charge in [-0.25, -0.2) is 4.79 Å². The summed E-state index contributed by atoms with van der Waals surface area (Å²) in [5.41, 5.74) is 0.639. The third kappa shape index (κ3) is 1.86. The van der Waals surface area contributed by atoms with Crippen LogP contribution in [0.5, 0.6) is 0 Å². The van der Waals surface area contributed by atoms with Gasteiger partial charge in [0.2, 0.25) is 0 Å². The van der Waals surface area contributed by atoms with E-state index in [0.29, 0.717) is 0 Å². The highest BCUT2D eigenvalue weighted by molar-refractivity contribution is 5.41. The Hall–Kier alpha value is -1.36. The number of ether oxygens (including phenoxy) is 1. The van der Waals surface area contributed by atoms with Gasteiger partial charge in [-0.15, -0.1) is 0 Å². The van der Waals surface area contributed by atoms with Crippen LogP contribution in [0.3, 0.4) is 0 Å². The maximum Gasteiger partial charge on any atom is 0.345 e. The number of aromatic amines is 1. The molecule has 0 saturated carbocycles. The van der Waals surface area contributed by atoms with Crippen molar-refractivity contribution in [1.29, 1.82) is 0 Å². The molecule has 0 spiro atoms. The fourth-order valence-electron chi connectivity index (χ4n) is 1.33. The van der Waals surface area contributed by atoms with Crippen LogP contribution in [0.1, 0.15) is 0 Å². The quantitative estimate of drug-likeness (QED) is 0.640. The molecular formula is C8H11N3O2. The van der Waals surface area contributed by atoms with Gasteiger partial charge in [-0.3, -0.25) is 0 Å². The Kier molecular flexibility index (Phi) is 2.27. The van der Waals surface area contributed by atoms with Gasteiger partial charge < -0.3 is 14.6 Å². The van der Waals surface area contributed by atoms with Crippen LogP contribution in [0, 0.1) is 0 Å². The van der Waals surface area contributed by atoms with E-state index >= 15 is 0 Å². The van der Waals surface area contributed by atoms with E-state index in [1.807, 2.05) is 0 Å². The van der Waals surface area contributed by atoms with Crippen LogP contribution < -0.4 is 10.6 Å². The van der Waals surface area contributed by atoms with Gasteiger partial charge in [-0.05, 0) is 0 Å². The highest BCUT2D eigenvalue weighted by Crippen LogP contribution is 2.10. The Morgan fingerprint density at radius 2 is 2.23 bits per heavy atom. The van der Waals surface area contributed by atoms with E-state index in [-0.39, 0.29) is 5.69 Å². The first-order valence-electron chi connectivity index (χ1n) is 4.24. The first-order valence-corrected chi connectivity index (χ1v) is 4.24. The average molecular weight is 181 g/mol. The minimum absolute atomic E-state index is 0.308. The van der Waals surface area contributed by atoms with Crippen molar-refractivity contribution < 1.29 is 4.74 Å². The molecule has 0 unspecified atom stereocenters. The lowest BCUT2D eigenvalue weighted by Crippen LogP contribution is -2.36. The van der Waals surface area contributed by atoms with Crippen molar-refractivity contribution in [2.75, 3.05) is 31.2 Å². The summed E-state index contributed by atoms with van der Waals surface area (Å²) in [5.74, 6) is 0. The highest BCUT2D eigenvalue weighted by atomic mass is 16.5. The summed E-state index contributed by atoms with van der Waals surface area (Å²) >= 11 is 0. The third-order valence-electron chi connectivity index (χ3n) is 2.03. The summed E-state index contributed by atoms with van der Waals surface area (Å²) in [7, 11) is 0. The van der Waals surface area contributed by atoms with Crippen LogP contribution in [-0.2, 0) is 4.74 Å². The smallest absolute Gasteiger partial charge is 0.345 e. The predicted octanol–water partition coefficient (Wildman–Crippen LogP) is -0.394. The molecule has 1 aromatic rings. The topological polar surface area (TPSA) is 58.2 Å². The largest absolute Gasteiger partial charge is 0.378 e. The molecule has 1 aliphatic rings. The molecule has 1 N–H and O–H groups in total. The van der Waals surface area contributed by atoms with Gasteiger partial charge in [0.25, 0.3) is 0 Å². The van der Waals surface area contributed by atoms with Crippen LogP contribution in [0.25, 0.3) is 0 Å². The molecule has 0 aromatic carbocycles. The molecule has 2 heterocycles. The number of morpholine rings is 1. The molecule has 5 heteroatoms. The Morgan fingerprint density at radius 1 is 1.46 bits per heavy atom. The lowest BCUT2D eigenvalue weighted by atomic mass is 10.4. The molecule has 2 rings (SSSR count). The van der Waals surface area contributed by atoms with Gasteiger partial charge in [-0.1, -0.05) is 0 Å². The molecule has 0 bridgehead atoms. The van der Waals surface area contributed by atoms with Crippen LogP contribution in [0.4, 0.5) is 5.69 Å². The fraction of sp³-hybridized carbons (Fsp3) is 0.500. The zero-order valence-corrected chi connectivity index (χ0v) is 7.19. The van der Waals surface area contributed by atoms with Crippen LogP contribution in [-0.4, -0.2) is 36.3 Å². The molecule has 0 aliphatic carbocycles. The molecule has 1 fully saturated rings. The lowest BCUT2D eigenvalue weighted by Gasteiger charge is -2.27. The molecule has 0 radical (unpaired) electrons. The monoisotopic (exact) mass is 181 g/mol. The summed E-state index contributed by atoms with van der Waals surface area (Å²) < 4.78 is 5.21. The molecule has 0 atom stereocenters. The van der Waals surface area contributed by atoms with Crippen LogP contribution in [0.2, 0.25) is 0 Å². The molecule has 5 nitrogen and oxygen atoms in total. The van der Waals surface area contributed by atoms with Crippen molar-refractivity contribution in [2.45, 2.75) is 0 Å².